The number of unbranched alkanes of at least 4 members (excludes halogenated alkanes) is 3. The number of benzene rings is 2. The van der Waals surface area contributed by atoms with E-state index in [1.165, 1.54) is 13.8 Å². The molecule has 0 bridgehead atoms. The fourth-order valence-corrected chi connectivity index (χ4v) is 4.25. The Morgan fingerprint density at radius 1 is 0.897 bits per heavy atom. The summed E-state index contributed by atoms with van der Waals surface area (Å²) in [5.41, 5.74) is 5.15. The van der Waals surface area contributed by atoms with Crippen LogP contribution < -0.4 is 0 Å². The molecule has 0 atom stereocenters. The molecule has 39 heavy (non-hydrogen) atoms. The molecule has 9 nitrogen and oxygen atoms in total. The van der Waals surface area contributed by atoms with Gasteiger partial charge in [-0.25, -0.2) is 9.59 Å². The largest absolute Gasteiger partial charge is 0.332 e. The van der Waals surface area contributed by atoms with Crippen LogP contribution in [0.15, 0.2) is 83.6 Å². The number of carbonyl (C=O) groups excluding carboxylic acids is 2. The first kappa shape index (κ1) is 27.4. The van der Waals surface area contributed by atoms with Gasteiger partial charge < -0.3 is 14.2 Å². The van der Waals surface area contributed by atoms with E-state index in [0.29, 0.717) is 23.4 Å². The number of hydrogen-bond donors (Lipinski definition) is 0. The van der Waals surface area contributed by atoms with Gasteiger partial charge in [0.05, 0.1) is 17.4 Å². The average Bonchev–Trinajstić information content (AvgIpc) is 3.33. The summed E-state index contributed by atoms with van der Waals surface area (Å²) >= 11 is 0. The van der Waals surface area contributed by atoms with Crippen molar-refractivity contribution in [2.75, 3.05) is 0 Å². The molecule has 0 saturated carbocycles. The molecule has 0 aliphatic carbocycles. The fraction of sp³-hybridized carbons (Fsp3) is 0.267. The number of rotatable bonds is 11. The Labute approximate surface area is 227 Å². The van der Waals surface area contributed by atoms with Crippen LogP contribution in [-0.2, 0) is 19.3 Å². The summed E-state index contributed by atoms with van der Waals surface area (Å²) < 4.78 is 2.08. The van der Waals surface area contributed by atoms with Crippen molar-refractivity contribution in [1.82, 2.24) is 14.5 Å². The van der Waals surface area contributed by atoms with Crippen molar-refractivity contribution in [3.8, 4) is 5.69 Å². The molecule has 0 unspecified atom stereocenters. The number of para-hydroxylation sites is 1. The van der Waals surface area contributed by atoms with Crippen LogP contribution in [0.4, 0.5) is 0 Å². The van der Waals surface area contributed by atoms with Gasteiger partial charge in [-0.3, -0.25) is 9.97 Å². The summed E-state index contributed by atoms with van der Waals surface area (Å²) in [5, 5.41) is 9.27. The third-order valence-corrected chi connectivity index (χ3v) is 6.06. The zero-order valence-corrected chi connectivity index (χ0v) is 22.3. The van der Waals surface area contributed by atoms with Gasteiger partial charge in [-0.05, 0) is 31.0 Å². The Kier molecular flexibility index (Phi) is 9.29. The van der Waals surface area contributed by atoms with Crippen molar-refractivity contribution in [2.45, 2.75) is 52.9 Å². The highest BCUT2D eigenvalue weighted by Gasteiger charge is 2.17. The zero-order chi connectivity index (χ0) is 27.6. The molecule has 0 saturated heterocycles. The number of oxime groups is 2. The molecule has 4 aromatic rings. The van der Waals surface area contributed by atoms with E-state index in [0.717, 1.165) is 53.5 Å². The van der Waals surface area contributed by atoms with Crippen molar-refractivity contribution in [3.05, 3.63) is 90.1 Å². The van der Waals surface area contributed by atoms with E-state index in [4.69, 9.17) is 9.68 Å². The van der Waals surface area contributed by atoms with Gasteiger partial charge in [0, 0.05) is 54.6 Å². The lowest BCUT2D eigenvalue weighted by atomic mass is 10.0. The lowest BCUT2D eigenvalue weighted by Crippen LogP contribution is -2.08. The van der Waals surface area contributed by atoms with E-state index in [9.17, 15) is 9.59 Å². The van der Waals surface area contributed by atoms with Crippen LogP contribution in [0.1, 0.15) is 69.7 Å². The number of nitrogens with zero attached hydrogens (tertiary/aromatic N) is 5. The molecular formula is C30H31N5O4. The van der Waals surface area contributed by atoms with E-state index in [1.807, 2.05) is 54.7 Å². The van der Waals surface area contributed by atoms with Gasteiger partial charge in [0.25, 0.3) is 0 Å². The van der Waals surface area contributed by atoms with Gasteiger partial charge in [0.1, 0.15) is 11.4 Å². The van der Waals surface area contributed by atoms with Gasteiger partial charge in [-0.2, -0.15) is 0 Å². The topological polar surface area (TPSA) is 108 Å². The molecule has 0 amide bonds. The van der Waals surface area contributed by atoms with Gasteiger partial charge in [-0.15, -0.1) is 0 Å². The highest BCUT2D eigenvalue weighted by atomic mass is 16.7. The van der Waals surface area contributed by atoms with Crippen LogP contribution >= 0.6 is 0 Å². The molecule has 0 fully saturated rings. The first-order valence-electron chi connectivity index (χ1n) is 13.0. The van der Waals surface area contributed by atoms with E-state index in [-0.39, 0.29) is 0 Å². The predicted octanol–water partition coefficient (Wildman–Crippen LogP) is 5.97. The van der Waals surface area contributed by atoms with Crippen LogP contribution in [0.2, 0.25) is 0 Å². The Balaban J connectivity index is 1.73. The van der Waals surface area contributed by atoms with Gasteiger partial charge >= 0.3 is 11.9 Å². The average molecular weight is 526 g/mol. The fourth-order valence-electron chi connectivity index (χ4n) is 4.25. The summed E-state index contributed by atoms with van der Waals surface area (Å²) in [6.07, 6.45) is 11.7. The Bertz CT molecular complexity index is 1490. The molecule has 2 aromatic heterocycles. The minimum absolute atomic E-state index is 0.394. The molecule has 0 aliphatic heterocycles. The van der Waals surface area contributed by atoms with Crippen LogP contribution in [0.25, 0.3) is 16.6 Å². The summed E-state index contributed by atoms with van der Waals surface area (Å²) in [6.45, 7) is 4.81. The summed E-state index contributed by atoms with van der Waals surface area (Å²) in [5.74, 6) is -0.977. The van der Waals surface area contributed by atoms with Gasteiger partial charge in [0.15, 0.2) is 0 Å². The van der Waals surface area contributed by atoms with Gasteiger partial charge in [0.2, 0.25) is 0 Å². The van der Waals surface area contributed by atoms with E-state index >= 15 is 0 Å². The van der Waals surface area contributed by atoms with Crippen LogP contribution in [0.3, 0.4) is 0 Å². The second-order valence-corrected chi connectivity index (χ2v) is 9.02. The van der Waals surface area contributed by atoms with Crippen molar-refractivity contribution < 1.29 is 19.3 Å². The van der Waals surface area contributed by atoms with Crippen molar-refractivity contribution in [3.63, 3.8) is 0 Å². The SMILES string of the molecule is CCCCCC/C(=N\OC(C)=O)c1cn(-c2ccc(/C(=N/OC(C)=O)c3cnccn3)cc2)c2ccccc12. The maximum absolute atomic E-state index is 11.5. The third-order valence-electron chi connectivity index (χ3n) is 6.06. The molecule has 0 spiro atoms. The molecule has 200 valence electrons. The first-order valence-corrected chi connectivity index (χ1v) is 13.0. The third kappa shape index (κ3) is 7.01. The summed E-state index contributed by atoms with van der Waals surface area (Å²) in [6, 6.07) is 15.7. The molecule has 0 radical (unpaired) electrons. The lowest BCUT2D eigenvalue weighted by Gasteiger charge is -2.09. The van der Waals surface area contributed by atoms with Gasteiger partial charge in [-0.1, -0.05) is 66.8 Å². The standard InChI is InChI=1S/C30H31N5O4/c1-4-5-6-7-11-27(33-38-21(2)36)26-20-35(29-12-9-8-10-25(26)29)24-15-13-23(14-16-24)30(34-39-22(3)37)28-19-31-17-18-32-28/h8-10,12-20H,4-7,11H2,1-3H3/b33-27+,34-30-. The smallest absolute Gasteiger partial charge is 0.318 e. The molecular weight excluding hydrogens is 494 g/mol. The molecule has 2 heterocycles. The molecule has 9 heteroatoms. The van der Waals surface area contributed by atoms with E-state index in [1.54, 1.807) is 18.6 Å². The minimum Gasteiger partial charge on any atom is -0.318 e. The highest BCUT2D eigenvalue weighted by molar-refractivity contribution is 6.12. The maximum atomic E-state index is 11.5. The second kappa shape index (κ2) is 13.2. The number of hydrogen-bond acceptors (Lipinski definition) is 8. The quantitative estimate of drug-likeness (QED) is 0.103. The monoisotopic (exact) mass is 525 g/mol. The summed E-state index contributed by atoms with van der Waals surface area (Å²) in [7, 11) is 0. The first-order chi connectivity index (χ1) is 19.0. The predicted molar refractivity (Wildman–Crippen MR) is 150 cm³/mol. The van der Waals surface area contributed by atoms with Crippen molar-refractivity contribution in [1.29, 1.82) is 0 Å². The molecule has 2 aromatic carbocycles. The van der Waals surface area contributed by atoms with E-state index in [2.05, 4.69) is 31.8 Å². The Morgan fingerprint density at radius 3 is 2.33 bits per heavy atom. The normalized spacial score (nSPS) is 12.0. The molecule has 4 rings (SSSR count). The Morgan fingerprint density at radius 2 is 1.64 bits per heavy atom. The van der Waals surface area contributed by atoms with Crippen molar-refractivity contribution >= 4 is 34.3 Å². The van der Waals surface area contributed by atoms with E-state index < -0.39 is 11.9 Å². The zero-order valence-electron chi connectivity index (χ0n) is 22.3. The van der Waals surface area contributed by atoms with Crippen molar-refractivity contribution in [2.24, 2.45) is 10.3 Å². The molecule has 0 aliphatic rings. The number of carbonyl (C=O) groups is 2. The van der Waals surface area contributed by atoms with Crippen LogP contribution in [0, 0.1) is 0 Å². The summed E-state index contributed by atoms with van der Waals surface area (Å²) in [4.78, 5) is 41.4. The molecule has 0 N–H and O–H groups in total. The maximum Gasteiger partial charge on any atom is 0.332 e. The number of aromatic nitrogens is 3. The number of fused-ring (bicyclic) bond motifs is 1. The highest BCUT2D eigenvalue weighted by Crippen LogP contribution is 2.27. The Hall–Kier alpha value is -4.66. The second-order valence-electron chi connectivity index (χ2n) is 9.02. The van der Waals surface area contributed by atoms with Crippen LogP contribution in [0.5, 0.6) is 0 Å². The minimum atomic E-state index is -0.528. The lowest BCUT2D eigenvalue weighted by molar-refractivity contribution is -0.141. The van der Waals surface area contributed by atoms with Crippen LogP contribution in [-0.4, -0.2) is 37.9 Å².